The Hall–Kier alpha value is -1.30. The van der Waals surface area contributed by atoms with Crippen LogP contribution in [0.15, 0.2) is 18.2 Å². The van der Waals surface area contributed by atoms with E-state index in [0.29, 0.717) is 19.6 Å². The van der Waals surface area contributed by atoms with Crippen LogP contribution in [-0.2, 0) is 14.3 Å². The number of aryl methyl sites for hydroxylation is 1. The predicted molar refractivity (Wildman–Crippen MR) is 107 cm³/mol. The zero-order chi connectivity index (χ0) is 19.8. The number of amides is 2. The van der Waals surface area contributed by atoms with Crippen molar-refractivity contribution in [1.82, 2.24) is 4.90 Å². The van der Waals surface area contributed by atoms with Crippen LogP contribution >= 0.6 is 23.2 Å². The SMILES string of the molecule is Cc1cccc(NC(=O)CN(C[C@@H]2CCCO2)C(=O)[C@@]2(C)CC2(Cl)Cl)c1C. The molecule has 1 aromatic rings. The Balaban J connectivity index is 1.71. The molecule has 148 valence electrons. The molecule has 1 N–H and O–H groups in total. The summed E-state index contributed by atoms with van der Waals surface area (Å²) < 4.78 is 4.59. The van der Waals surface area contributed by atoms with Gasteiger partial charge in [-0.25, -0.2) is 0 Å². The zero-order valence-electron chi connectivity index (χ0n) is 16.0. The van der Waals surface area contributed by atoms with Crippen LogP contribution in [0.4, 0.5) is 5.69 Å². The Kier molecular flexibility index (Phi) is 5.76. The molecule has 0 unspecified atom stereocenters. The zero-order valence-corrected chi connectivity index (χ0v) is 17.5. The first kappa shape index (κ1) is 20.4. The number of halogens is 2. The molecule has 7 heteroatoms. The highest BCUT2D eigenvalue weighted by Crippen LogP contribution is 2.64. The van der Waals surface area contributed by atoms with Crippen molar-refractivity contribution in [3.8, 4) is 0 Å². The third kappa shape index (κ3) is 4.25. The Bertz CT molecular complexity index is 747. The summed E-state index contributed by atoms with van der Waals surface area (Å²) in [5.74, 6) is -0.437. The van der Waals surface area contributed by atoms with Crippen LogP contribution in [0.5, 0.6) is 0 Å². The molecular weight excluding hydrogens is 387 g/mol. The van der Waals surface area contributed by atoms with Gasteiger partial charge in [0.15, 0.2) is 0 Å². The van der Waals surface area contributed by atoms with Crippen LogP contribution in [0.1, 0.15) is 37.3 Å². The van der Waals surface area contributed by atoms with Crippen LogP contribution in [0.2, 0.25) is 0 Å². The van der Waals surface area contributed by atoms with Gasteiger partial charge < -0.3 is 15.0 Å². The van der Waals surface area contributed by atoms with Gasteiger partial charge in [0.1, 0.15) is 4.33 Å². The summed E-state index contributed by atoms with van der Waals surface area (Å²) in [5, 5.41) is 2.91. The van der Waals surface area contributed by atoms with Gasteiger partial charge in [-0.1, -0.05) is 12.1 Å². The molecular formula is C20H26Cl2N2O3. The molecule has 1 aliphatic heterocycles. The fourth-order valence-electron chi connectivity index (χ4n) is 3.48. The van der Waals surface area contributed by atoms with Crippen molar-refractivity contribution in [2.75, 3.05) is 25.0 Å². The number of carbonyl (C=O) groups excluding carboxylic acids is 2. The third-order valence-corrected chi connectivity index (χ3v) is 6.78. The van der Waals surface area contributed by atoms with Gasteiger partial charge in [0.25, 0.3) is 0 Å². The summed E-state index contributed by atoms with van der Waals surface area (Å²) in [4.78, 5) is 27.3. The van der Waals surface area contributed by atoms with E-state index in [1.807, 2.05) is 32.0 Å². The smallest absolute Gasteiger partial charge is 0.244 e. The lowest BCUT2D eigenvalue weighted by Gasteiger charge is -2.28. The first-order chi connectivity index (χ1) is 12.6. The second kappa shape index (κ2) is 7.61. The fourth-order valence-corrected chi connectivity index (χ4v) is 4.18. The van der Waals surface area contributed by atoms with Gasteiger partial charge in [-0.05, 0) is 57.2 Å². The predicted octanol–water partition coefficient (Wildman–Crippen LogP) is 3.83. The molecule has 1 aliphatic carbocycles. The molecule has 2 aliphatic rings. The standard InChI is InChI=1S/C20H26Cl2N2O3/c1-13-6-4-8-16(14(13)2)23-17(25)11-24(10-15-7-5-9-27-15)18(26)19(3)12-20(19,21)22/h4,6,8,15H,5,7,9-12H2,1-3H3,(H,23,25)/t15-,19+/m0/s1. The molecule has 27 heavy (non-hydrogen) atoms. The van der Waals surface area contributed by atoms with Crippen LogP contribution in [0, 0.1) is 19.3 Å². The summed E-state index contributed by atoms with van der Waals surface area (Å²) >= 11 is 12.4. The number of hydrogen-bond donors (Lipinski definition) is 1. The van der Waals surface area contributed by atoms with E-state index in [9.17, 15) is 9.59 Å². The van der Waals surface area contributed by atoms with Gasteiger partial charge in [0.2, 0.25) is 11.8 Å². The highest BCUT2D eigenvalue weighted by Gasteiger charge is 2.68. The molecule has 2 amide bonds. The summed E-state index contributed by atoms with van der Waals surface area (Å²) in [6.45, 7) is 6.71. The maximum absolute atomic E-state index is 13.1. The van der Waals surface area contributed by atoms with E-state index in [1.54, 1.807) is 11.8 Å². The average molecular weight is 413 g/mol. The average Bonchev–Trinajstić information content (AvgIpc) is 2.94. The van der Waals surface area contributed by atoms with E-state index in [1.165, 1.54) is 0 Å². The molecule has 0 bridgehead atoms. The molecule has 0 spiro atoms. The molecule has 1 heterocycles. The monoisotopic (exact) mass is 412 g/mol. The summed E-state index contributed by atoms with van der Waals surface area (Å²) in [7, 11) is 0. The molecule has 2 fully saturated rings. The summed E-state index contributed by atoms with van der Waals surface area (Å²) in [5.41, 5.74) is 2.01. The summed E-state index contributed by atoms with van der Waals surface area (Å²) in [6.07, 6.45) is 2.19. The Morgan fingerprint density at radius 3 is 2.63 bits per heavy atom. The van der Waals surface area contributed by atoms with E-state index >= 15 is 0 Å². The first-order valence-corrected chi connectivity index (χ1v) is 10.0. The summed E-state index contributed by atoms with van der Waals surface area (Å²) in [6, 6.07) is 5.75. The van der Waals surface area contributed by atoms with Crippen LogP contribution in [0.3, 0.4) is 0 Å². The topological polar surface area (TPSA) is 58.6 Å². The highest BCUT2D eigenvalue weighted by molar-refractivity contribution is 6.53. The number of nitrogens with one attached hydrogen (secondary N) is 1. The van der Waals surface area contributed by atoms with E-state index in [2.05, 4.69) is 5.32 Å². The highest BCUT2D eigenvalue weighted by atomic mass is 35.5. The Labute approximate surface area is 170 Å². The van der Waals surface area contributed by atoms with Gasteiger partial charge in [-0.3, -0.25) is 9.59 Å². The van der Waals surface area contributed by atoms with Crippen molar-refractivity contribution in [2.45, 2.75) is 50.5 Å². The second-order valence-corrected chi connectivity index (χ2v) is 9.31. The molecule has 3 rings (SSSR count). The molecule has 0 aromatic heterocycles. The number of hydrogen-bond acceptors (Lipinski definition) is 3. The van der Waals surface area contributed by atoms with Gasteiger partial charge in [-0.2, -0.15) is 0 Å². The normalized spacial score (nSPS) is 25.9. The maximum atomic E-state index is 13.1. The fraction of sp³-hybridized carbons (Fsp3) is 0.600. The molecule has 5 nitrogen and oxygen atoms in total. The van der Waals surface area contributed by atoms with Crippen molar-refractivity contribution in [3.05, 3.63) is 29.3 Å². The third-order valence-electron chi connectivity index (χ3n) is 5.68. The number of nitrogens with zero attached hydrogens (tertiary/aromatic N) is 1. The van der Waals surface area contributed by atoms with Crippen molar-refractivity contribution in [1.29, 1.82) is 0 Å². The maximum Gasteiger partial charge on any atom is 0.244 e. The van der Waals surface area contributed by atoms with Crippen molar-refractivity contribution < 1.29 is 14.3 Å². The number of ether oxygens (including phenoxy) is 1. The molecule has 1 saturated heterocycles. The lowest BCUT2D eigenvalue weighted by molar-refractivity contribution is -0.140. The lowest BCUT2D eigenvalue weighted by Crippen LogP contribution is -2.46. The number of carbonyl (C=O) groups is 2. The number of alkyl halides is 2. The van der Waals surface area contributed by atoms with Crippen molar-refractivity contribution >= 4 is 40.7 Å². The molecule has 0 radical (unpaired) electrons. The minimum atomic E-state index is -1.07. The van der Waals surface area contributed by atoms with Crippen LogP contribution in [0.25, 0.3) is 0 Å². The number of anilines is 1. The minimum Gasteiger partial charge on any atom is -0.376 e. The van der Waals surface area contributed by atoms with Crippen molar-refractivity contribution in [2.24, 2.45) is 5.41 Å². The molecule has 1 aromatic carbocycles. The second-order valence-electron chi connectivity index (χ2n) is 7.83. The molecule has 1 saturated carbocycles. The number of rotatable bonds is 6. The van der Waals surface area contributed by atoms with E-state index in [0.717, 1.165) is 29.7 Å². The first-order valence-electron chi connectivity index (χ1n) is 9.29. The van der Waals surface area contributed by atoms with Gasteiger partial charge in [0.05, 0.1) is 18.1 Å². The largest absolute Gasteiger partial charge is 0.376 e. The Morgan fingerprint density at radius 1 is 1.33 bits per heavy atom. The van der Waals surface area contributed by atoms with Gasteiger partial charge in [-0.15, -0.1) is 23.2 Å². The van der Waals surface area contributed by atoms with Crippen LogP contribution < -0.4 is 5.32 Å². The van der Waals surface area contributed by atoms with E-state index in [4.69, 9.17) is 27.9 Å². The minimum absolute atomic E-state index is 0.0501. The van der Waals surface area contributed by atoms with Gasteiger partial charge in [0, 0.05) is 18.8 Å². The van der Waals surface area contributed by atoms with Crippen LogP contribution in [-0.4, -0.2) is 46.8 Å². The van der Waals surface area contributed by atoms with Gasteiger partial charge >= 0.3 is 0 Å². The van der Waals surface area contributed by atoms with E-state index < -0.39 is 9.75 Å². The number of benzene rings is 1. The van der Waals surface area contributed by atoms with Crippen molar-refractivity contribution in [3.63, 3.8) is 0 Å². The molecule has 2 atom stereocenters. The quantitative estimate of drug-likeness (QED) is 0.722. The Morgan fingerprint density at radius 2 is 2.04 bits per heavy atom. The lowest BCUT2D eigenvalue weighted by atomic mass is 10.1. The van der Waals surface area contributed by atoms with E-state index in [-0.39, 0.29) is 24.5 Å².